The normalized spacial score (nSPS) is 12.1. The maximum absolute atomic E-state index is 11.0. The molecular weight excluding hydrogens is 252 g/mol. The van der Waals surface area contributed by atoms with Crippen LogP contribution in [0, 0.1) is 17.0 Å². The molecule has 104 valence electrons. The summed E-state index contributed by atoms with van der Waals surface area (Å²) in [6, 6.07) is 15.3. The first-order valence-electron chi connectivity index (χ1n) is 6.60. The molecule has 0 fully saturated rings. The van der Waals surface area contributed by atoms with Crippen molar-refractivity contribution in [3.8, 4) is 0 Å². The zero-order valence-corrected chi connectivity index (χ0v) is 11.7. The zero-order valence-electron chi connectivity index (χ0n) is 11.7. The Hall–Kier alpha value is -2.20. The van der Waals surface area contributed by atoms with Crippen molar-refractivity contribution >= 4 is 5.69 Å². The summed E-state index contributed by atoms with van der Waals surface area (Å²) in [6.45, 7) is 4.58. The van der Waals surface area contributed by atoms with E-state index >= 15 is 0 Å². The van der Waals surface area contributed by atoms with Crippen LogP contribution < -0.4 is 5.32 Å². The number of benzene rings is 2. The Balaban J connectivity index is 2.05. The second-order valence-electron chi connectivity index (χ2n) is 4.90. The quantitative estimate of drug-likeness (QED) is 0.665. The van der Waals surface area contributed by atoms with Crippen LogP contribution in [0.5, 0.6) is 0 Å². The summed E-state index contributed by atoms with van der Waals surface area (Å²) in [5.41, 5.74) is 3.27. The first kappa shape index (κ1) is 14.2. The molecule has 4 nitrogen and oxygen atoms in total. The molecule has 0 heterocycles. The second-order valence-corrected chi connectivity index (χ2v) is 4.90. The van der Waals surface area contributed by atoms with Gasteiger partial charge in [0.1, 0.15) is 0 Å². The Morgan fingerprint density at radius 1 is 1.15 bits per heavy atom. The molecule has 0 aliphatic heterocycles. The molecule has 0 aliphatic rings. The first-order chi connectivity index (χ1) is 9.58. The molecular formula is C16H18N2O2. The van der Waals surface area contributed by atoms with Crippen molar-refractivity contribution in [2.45, 2.75) is 26.4 Å². The van der Waals surface area contributed by atoms with Gasteiger partial charge in [0, 0.05) is 24.2 Å². The number of nitro benzene ring substituents is 1. The summed E-state index contributed by atoms with van der Waals surface area (Å²) in [5.74, 6) is 0. The van der Waals surface area contributed by atoms with Gasteiger partial charge in [-0.25, -0.2) is 0 Å². The number of hydrogen-bond acceptors (Lipinski definition) is 3. The lowest BCUT2D eigenvalue weighted by Crippen LogP contribution is -2.18. The molecule has 0 radical (unpaired) electrons. The van der Waals surface area contributed by atoms with Crippen LogP contribution >= 0.6 is 0 Å². The third-order valence-electron chi connectivity index (χ3n) is 3.36. The van der Waals surface area contributed by atoms with Crippen LogP contribution in [0.1, 0.15) is 29.7 Å². The van der Waals surface area contributed by atoms with Gasteiger partial charge >= 0.3 is 0 Å². The lowest BCUT2D eigenvalue weighted by atomic mass is 10.1. The molecule has 0 amide bonds. The SMILES string of the molecule is Cc1ccc([C@H](C)NCc2ccccc2[N+](=O)[O-])cc1. The average Bonchev–Trinajstić information content (AvgIpc) is 2.45. The Kier molecular flexibility index (Phi) is 4.48. The largest absolute Gasteiger partial charge is 0.306 e. The van der Waals surface area contributed by atoms with E-state index in [1.54, 1.807) is 12.1 Å². The average molecular weight is 270 g/mol. The molecule has 2 aromatic rings. The highest BCUT2D eigenvalue weighted by Crippen LogP contribution is 2.19. The minimum absolute atomic E-state index is 0.149. The van der Waals surface area contributed by atoms with Crippen molar-refractivity contribution in [1.82, 2.24) is 5.32 Å². The highest BCUT2D eigenvalue weighted by Gasteiger charge is 2.13. The van der Waals surface area contributed by atoms with Gasteiger partial charge in [-0.3, -0.25) is 10.1 Å². The smallest absolute Gasteiger partial charge is 0.273 e. The molecule has 2 rings (SSSR count). The van der Waals surface area contributed by atoms with Gasteiger partial charge in [-0.15, -0.1) is 0 Å². The second kappa shape index (κ2) is 6.30. The van der Waals surface area contributed by atoms with Crippen LogP contribution in [-0.4, -0.2) is 4.92 Å². The summed E-state index contributed by atoms with van der Waals surface area (Å²) >= 11 is 0. The van der Waals surface area contributed by atoms with E-state index in [0.717, 1.165) is 0 Å². The van der Waals surface area contributed by atoms with Crippen molar-refractivity contribution in [3.63, 3.8) is 0 Å². The molecule has 0 unspecified atom stereocenters. The third-order valence-corrected chi connectivity index (χ3v) is 3.36. The van der Waals surface area contributed by atoms with Gasteiger partial charge in [0.2, 0.25) is 0 Å². The molecule has 1 atom stereocenters. The Morgan fingerprint density at radius 3 is 2.45 bits per heavy atom. The summed E-state index contributed by atoms with van der Waals surface area (Å²) in [5, 5.41) is 14.3. The van der Waals surface area contributed by atoms with Gasteiger partial charge in [0.05, 0.1) is 4.92 Å². The van der Waals surface area contributed by atoms with Crippen LogP contribution in [0.2, 0.25) is 0 Å². The van der Waals surface area contributed by atoms with Crippen molar-refractivity contribution < 1.29 is 4.92 Å². The van der Waals surface area contributed by atoms with E-state index in [9.17, 15) is 10.1 Å². The number of hydrogen-bond donors (Lipinski definition) is 1. The van der Waals surface area contributed by atoms with E-state index in [1.807, 2.05) is 6.07 Å². The zero-order chi connectivity index (χ0) is 14.5. The third kappa shape index (κ3) is 3.42. The predicted molar refractivity (Wildman–Crippen MR) is 79.5 cm³/mol. The van der Waals surface area contributed by atoms with E-state index in [4.69, 9.17) is 0 Å². The number of nitro groups is 1. The van der Waals surface area contributed by atoms with Crippen LogP contribution in [0.3, 0.4) is 0 Å². The fraction of sp³-hybridized carbons (Fsp3) is 0.250. The fourth-order valence-electron chi connectivity index (χ4n) is 2.07. The number of nitrogens with zero attached hydrogens (tertiary/aromatic N) is 1. The first-order valence-corrected chi connectivity index (χ1v) is 6.60. The number of rotatable bonds is 5. The molecule has 0 aliphatic carbocycles. The van der Waals surface area contributed by atoms with E-state index in [0.29, 0.717) is 12.1 Å². The Labute approximate surface area is 118 Å². The van der Waals surface area contributed by atoms with Crippen LogP contribution in [0.4, 0.5) is 5.69 Å². The van der Waals surface area contributed by atoms with Crippen LogP contribution in [-0.2, 0) is 6.54 Å². The maximum atomic E-state index is 11.0. The van der Waals surface area contributed by atoms with Gasteiger partial charge in [0.25, 0.3) is 5.69 Å². The number of para-hydroxylation sites is 1. The molecule has 20 heavy (non-hydrogen) atoms. The van der Waals surface area contributed by atoms with Gasteiger partial charge in [-0.05, 0) is 19.4 Å². The molecule has 0 bridgehead atoms. The molecule has 0 aromatic heterocycles. The number of nitrogens with one attached hydrogen (secondary N) is 1. The van der Waals surface area contributed by atoms with Gasteiger partial charge < -0.3 is 5.32 Å². The molecule has 0 saturated heterocycles. The van der Waals surface area contributed by atoms with Crippen LogP contribution in [0.25, 0.3) is 0 Å². The lowest BCUT2D eigenvalue weighted by molar-refractivity contribution is -0.385. The lowest BCUT2D eigenvalue weighted by Gasteiger charge is -2.14. The summed E-state index contributed by atoms with van der Waals surface area (Å²) in [4.78, 5) is 10.6. The minimum atomic E-state index is -0.340. The Bertz CT molecular complexity index is 594. The van der Waals surface area contributed by atoms with E-state index in [1.165, 1.54) is 17.2 Å². The molecule has 1 N–H and O–H groups in total. The topological polar surface area (TPSA) is 55.2 Å². The van der Waals surface area contributed by atoms with Gasteiger partial charge in [0.15, 0.2) is 0 Å². The predicted octanol–water partition coefficient (Wildman–Crippen LogP) is 3.75. The molecule has 4 heteroatoms. The van der Waals surface area contributed by atoms with E-state index in [2.05, 4.69) is 43.4 Å². The van der Waals surface area contributed by atoms with Gasteiger partial charge in [-0.1, -0.05) is 48.0 Å². The van der Waals surface area contributed by atoms with Crippen molar-refractivity contribution in [1.29, 1.82) is 0 Å². The summed E-state index contributed by atoms with van der Waals surface area (Å²) < 4.78 is 0. The number of aryl methyl sites for hydroxylation is 1. The van der Waals surface area contributed by atoms with E-state index < -0.39 is 0 Å². The maximum Gasteiger partial charge on any atom is 0.273 e. The highest BCUT2D eigenvalue weighted by atomic mass is 16.6. The molecule has 0 saturated carbocycles. The van der Waals surface area contributed by atoms with E-state index in [-0.39, 0.29) is 16.7 Å². The van der Waals surface area contributed by atoms with Crippen molar-refractivity contribution in [2.75, 3.05) is 0 Å². The van der Waals surface area contributed by atoms with Crippen molar-refractivity contribution in [3.05, 3.63) is 75.3 Å². The Morgan fingerprint density at radius 2 is 1.80 bits per heavy atom. The highest BCUT2D eigenvalue weighted by molar-refractivity contribution is 5.39. The van der Waals surface area contributed by atoms with Crippen LogP contribution in [0.15, 0.2) is 48.5 Å². The van der Waals surface area contributed by atoms with Crippen molar-refractivity contribution in [2.24, 2.45) is 0 Å². The monoisotopic (exact) mass is 270 g/mol. The molecule has 0 spiro atoms. The van der Waals surface area contributed by atoms with Gasteiger partial charge in [-0.2, -0.15) is 0 Å². The fourth-order valence-corrected chi connectivity index (χ4v) is 2.07. The molecule has 2 aromatic carbocycles. The summed E-state index contributed by atoms with van der Waals surface area (Å²) in [7, 11) is 0. The minimum Gasteiger partial charge on any atom is -0.306 e. The standard InChI is InChI=1S/C16H18N2O2/c1-12-7-9-14(10-8-12)13(2)17-11-15-5-3-4-6-16(15)18(19)20/h3-10,13,17H,11H2,1-2H3/t13-/m0/s1. The summed E-state index contributed by atoms with van der Waals surface area (Å²) in [6.07, 6.45) is 0.